The van der Waals surface area contributed by atoms with Gasteiger partial charge in [-0.15, -0.1) is 0 Å². The van der Waals surface area contributed by atoms with Gasteiger partial charge in [-0.1, -0.05) is 101 Å². The number of benzene rings is 2. The van der Waals surface area contributed by atoms with Crippen LogP contribution in [0.5, 0.6) is 0 Å². The van der Waals surface area contributed by atoms with Crippen molar-refractivity contribution in [3.05, 3.63) is 72.3 Å². The predicted octanol–water partition coefficient (Wildman–Crippen LogP) is 11.0. The van der Waals surface area contributed by atoms with E-state index in [9.17, 15) is 19.5 Å². The number of fused-ring (bicyclic) bond motifs is 7. The van der Waals surface area contributed by atoms with Crippen LogP contribution in [-0.2, 0) is 25.7 Å². The third-order valence-corrected chi connectivity index (χ3v) is 17.4. The molecule has 0 spiro atoms. The lowest BCUT2D eigenvalue weighted by Gasteiger charge is -2.72. The monoisotopic (exact) mass is 750 g/mol. The first kappa shape index (κ1) is 39.8. The first-order chi connectivity index (χ1) is 25.8. The van der Waals surface area contributed by atoms with Crippen molar-refractivity contribution in [2.45, 2.75) is 139 Å². The van der Waals surface area contributed by atoms with Gasteiger partial charge in [0.15, 0.2) is 0 Å². The Labute approximate surface area is 330 Å². The highest BCUT2D eigenvalue weighted by molar-refractivity contribution is 5.84. The molecule has 6 heteroatoms. The summed E-state index contributed by atoms with van der Waals surface area (Å²) in [6, 6.07) is 19.1. The topological polar surface area (TPSA) is 92.7 Å². The Morgan fingerprint density at radius 1 is 0.800 bits per heavy atom. The summed E-state index contributed by atoms with van der Waals surface area (Å²) in [7, 11) is 0. The van der Waals surface area contributed by atoms with Gasteiger partial charge in [0.25, 0.3) is 0 Å². The predicted molar refractivity (Wildman–Crippen MR) is 219 cm³/mol. The number of carboxylic acid groups (broad SMARTS) is 1. The van der Waals surface area contributed by atoms with Crippen LogP contribution in [0.25, 0.3) is 11.1 Å². The molecule has 7 rings (SSSR count). The van der Waals surface area contributed by atoms with Crippen molar-refractivity contribution >= 4 is 17.8 Å². The normalized spacial score (nSPS) is 37.7. The molecule has 0 saturated heterocycles. The third kappa shape index (κ3) is 6.31. The van der Waals surface area contributed by atoms with Gasteiger partial charge in [0.2, 0.25) is 5.91 Å². The molecule has 10 atom stereocenters. The van der Waals surface area contributed by atoms with Crippen molar-refractivity contribution in [3.8, 4) is 11.1 Å². The largest absolute Gasteiger partial charge is 0.481 e. The fourth-order valence-electron chi connectivity index (χ4n) is 14.2. The highest BCUT2D eigenvalue weighted by Crippen LogP contribution is 2.77. The van der Waals surface area contributed by atoms with E-state index >= 15 is 0 Å². The number of aliphatic carboxylic acids is 1. The quantitative estimate of drug-likeness (QED) is 0.197. The summed E-state index contributed by atoms with van der Waals surface area (Å²) < 4.78 is 6.19. The maximum absolute atomic E-state index is 14.7. The zero-order chi connectivity index (χ0) is 39.8. The summed E-state index contributed by atoms with van der Waals surface area (Å²) >= 11 is 0. The number of esters is 1. The molecule has 5 fully saturated rings. The standard InChI is InChI=1S/C49H67NO5/c1-31(2)35-21-26-49(42(52)50-30-32-15-17-34(18-16-32)33-13-11-10-12-14-33)28-27-47(8)36(41(35)49)19-20-38-46(7)24-23-39(55-40(51)29-44(3,4)43(53)54)45(5,6)37(46)22-25-48(38,47)9/h10-18,35-39,41H,1,19-30H2,2-9H3,(H,50,52)(H,53,54)/t35-,36+,37-,38+,39-,41+,46-,47+,48+,49-/m0/s1. The highest BCUT2D eigenvalue weighted by atomic mass is 16.5. The zero-order valence-corrected chi connectivity index (χ0v) is 34.9. The number of carbonyl (C=O) groups is 3. The van der Waals surface area contributed by atoms with E-state index in [0.717, 1.165) is 63.4 Å². The lowest BCUT2D eigenvalue weighted by atomic mass is 9.32. The van der Waals surface area contributed by atoms with Crippen LogP contribution in [0.1, 0.15) is 132 Å². The SMILES string of the molecule is C=C(C)[C@@H]1CC[C@]2(C(=O)NCc3ccc(-c4ccccc4)cc3)CC[C@]3(C)[C@H](CC[C@@H]4[C@@]5(C)CC[C@H](OC(=O)CC(C)(C)C(=O)O)C(C)(C)[C@@H]5CC[C@]43C)[C@@H]12. The van der Waals surface area contributed by atoms with E-state index in [4.69, 9.17) is 4.74 Å². The lowest BCUT2D eigenvalue weighted by molar-refractivity contribution is -0.249. The Morgan fingerprint density at radius 2 is 1.47 bits per heavy atom. The second-order valence-electron chi connectivity index (χ2n) is 20.8. The van der Waals surface area contributed by atoms with Gasteiger partial charge in [-0.2, -0.15) is 0 Å². The summed E-state index contributed by atoms with van der Waals surface area (Å²) in [6.07, 6.45) is 10.0. The van der Waals surface area contributed by atoms with E-state index in [1.165, 1.54) is 23.1 Å². The molecule has 0 heterocycles. The molecule has 5 saturated carbocycles. The molecule has 5 aliphatic rings. The molecule has 0 radical (unpaired) electrons. The molecule has 2 aromatic rings. The van der Waals surface area contributed by atoms with Gasteiger partial charge in [0, 0.05) is 12.0 Å². The molecule has 298 valence electrons. The summed E-state index contributed by atoms with van der Waals surface area (Å²) in [5.74, 6) is 0.951. The Balaban J connectivity index is 1.10. The zero-order valence-electron chi connectivity index (χ0n) is 34.9. The van der Waals surface area contributed by atoms with Crippen molar-refractivity contribution in [2.75, 3.05) is 0 Å². The van der Waals surface area contributed by atoms with Crippen LogP contribution in [0, 0.1) is 62.1 Å². The third-order valence-electron chi connectivity index (χ3n) is 17.4. The second-order valence-corrected chi connectivity index (χ2v) is 20.8. The Bertz CT molecular complexity index is 1810. The van der Waals surface area contributed by atoms with Crippen LogP contribution >= 0.6 is 0 Å². The van der Waals surface area contributed by atoms with E-state index in [1.54, 1.807) is 13.8 Å². The van der Waals surface area contributed by atoms with Gasteiger partial charge < -0.3 is 15.2 Å². The Kier molecular flexibility index (Phi) is 10.1. The minimum Gasteiger partial charge on any atom is -0.481 e. The summed E-state index contributed by atoms with van der Waals surface area (Å²) in [5, 5.41) is 13.1. The molecule has 0 unspecified atom stereocenters. The minimum absolute atomic E-state index is 0.110. The van der Waals surface area contributed by atoms with Crippen molar-refractivity contribution in [1.82, 2.24) is 5.32 Å². The maximum Gasteiger partial charge on any atom is 0.309 e. The summed E-state index contributed by atoms with van der Waals surface area (Å²) in [5.41, 5.74) is 3.38. The number of rotatable bonds is 9. The maximum atomic E-state index is 14.7. The smallest absolute Gasteiger partial charge is 0.309 e. The number of ether oxygens (including phenoxy) is 1. The molecule has 5 aliphatic carbocycles. The van der Waals surface area contributed by atoms with Crippen LogP contribution in [0.15, 0.2) is 66.7 Å². The summed E-state index contributed by atoms with van der Waals surface area (Å²) in [4.78, 5) is 39.6. The molecule has 0 aromatic heterocycles. The van der Waals surface area contributed by atoms with Crippen LogP contribution in [0.3, 0.4) is 0 Å². The van der Waals surface area contributed by atoms with Crippen LogP contribution in [0.4, 0.5) is 0 Å². The number of hydrogen-bond donors (Lipinski definition) is 2. The molecule has 55 heavy (non-hydrogen) atoms. The second kappa shape index (κ2) is 13.9. The van der Waals surface area contributed by atoms with E-state index in [-0.39, 0.29) is 45.5 Å². The van der Waals surface area contributed by atoms with Crippen molar-refractivity contribution in [1.29, 1.82) is 0 Å². The fraction of sp³-hybridized carbons (Fsp3) is 0.653. The molecule has 0 aliphatic heterocycles. The van der Waals surface area contributed by atoms with E-state index in [1.807, 2.05) is 6.07 Å². The number of nitrogens with one attached hydrogen (secondary N) is 1. The Hall–Kier alpha value is -3.41. The van der Waals surface area contributed by atoms with Crippen LogP contribution < -0.4 is 5.32 Å². The summed E-state index contributed by atoms with van der Waals surface area (Å²) in [6.45, 7) is 22.9. The van der Waals surface area contributed by atoms with Crippen LogP contribution in [0.2, 0.25) is 0 Å². The first-order valence-corrected chi connectivity index (χ1v) is 21.3. The molecule has 1 amide bonds. The van der Waals surface area contributed by atoms with E-state index in [0.29, 0.717) is 36.1 Å². The number of amides is 1. The van der Waals surface area contributed by atoms with Gasteiger partial charge in [0.05, 0.1) is 17.3 Å². The molecular formula is C49H67NO5. The average Bonchev–Trinajstić information content (AvgIpc) is 3.54. The number of carbonyl (C=O) groups excluding carboxylic acids is 2. The van der Waals surface area contributed by atoms with Gasteiger partial charge in [0.1, 0.15) is 6.10 Å². The first-order valence-electron chi connectivity index (χ1n) is 21.3. The van der Waals surface area contributed by atoms with E-state index < -0.39 is 17.4 Å². The van der Waals surface area contributed by atoms with Crippen LogP contribution in [-0.4, -0.2) is 29.1 Å². The van der Waals surface area contributed by atoms with Crippen molar-refractivity contribution < 1.29 is 24.2 Å². The molecule has 6 nitrogen and oxygen atoms in total. The molecule has 0 bridgehead atoms. The number of allylic oxidation sites excluding steroid dienone is 1. The van der Waals surface area contributed by atoms with Gasteiger partial charge in [-0.3, -0.25) is 14.4 Å². The number of hydrogen-bond acceptors (Lipinski definition) is 4. The van der Waals surface area contributed by atoms with E-state index in [2.05, 4.69) is 102 Å². The van der Waals surface area contributed by atoms with Gasteiger partial charge in [-0.05, 0) is 148 Å². The van der Waals surface area contributed by atoms with Gasteiger partial charge in [-0.25, -0.2) is 0 Å². The average molecular weight is 750 g/mol. The number of carboxylic acids is 1. The van der Waals surface area contributed by atoms with Gasteiger partial charge >= 0.3 is 11.9 Å². The fourth-order valence-corrected chi connectivity index (χ4v) is 14.2. The minimum atomic E-state index is -1.15. The molecule has 2 N–H and O–H groups in total. The molecular weight excluding hydrogens is 683 g/mol. The highest BCUT2D eigenvalue weighted by Gasteiger charge is 2.72. The lowest BCUT2D eigenvalue weighted by Crippen LogP contribution is -2.67. The van der Waals surface area contributed by atoms with Crippen molar-refractivity contribution in [2.24, 2.45) is 62.1 Å². The Morgan fingerprint density at radius 3 is 2.13 bits per heavy atom. The van der Waals surface area contributed by atoms with Crippen molar-refractivity contribution in [3.63, 3.8) is 0 Å². The molecule has 2 aromatic carbocycles.